The number of aromatic nitrogens is 3. The minimum absolute atomic E-state index is 0.152. The number of carbonyl (C=O) groups is 1. The van der Waals surface area contributed by atoms with Crippen LogP contribution in [-0.4, -0.2) is 20.9 Å². The molecule has 0 aliphatic heterocycles. The Labute approximate surface area is 120 Å². The number of aryl methyl sites for hydroxylation is 2. The van der Waals surface area contributed by atoms with Gasteiger partial charge < -0.3 is 0 Å². The van der Waals surface area contributed by atoms with Gasteiger partial charge in [-0.3, -0.25) is 10.1 Å². The minimum Gasteiger partial charge on any atom is -0.290 e. The number of amides is 1. The van der Waals surface area contributed by atoms with Crippen LogP contribution >= 0.6 is 23.2 Å². The third kappa shape index (κ3) is 3.62. The Morgan fingerprint density at radius 3 is 2.05 bits per heavy atom. The van der Waals surface area contributed by atoms with Crippen molar-refractivity contribution in [1.29, 1.82) is 0 Å². The van der Waals surface area contributed by atoms with Crippen molar-refractivity contribution in [2.45, 2.75) is 13.8 Å². The van der Waals surface area contributed by atoms with Crippen molar-refractivity contribution in [2.75, 3.05) is 5.32 Å². The van der Waals surface area contributed by atoms with E-state index in [4.69, 9.17) is 23.2 Å². The zero-order chi connectivity index (χ0) is 14.0. The molecule has 2 aromatic heterocycles. The lowest BCUT2D eigenvalue weighted by molar-refractivity contribution is 0.102. The number of rotatable bonds is 2. The van der Waals surface area contributed by atoms with Gasteiger partial charge >= 0.3 is 0 Å². The van der Waals surface area contributed by atoms with E-state index < -0.39 is 5.91 Å². The maximum absolute atomic E-state index is 12.0. The highest BCUT2D eigenvalue weighted by atomic mass is 35.5. The fourth-order valence-electron chi connectivity index (χ4n) is 1.55. The van der Waals surface area contributed by atoms with E-state index in [1.807, 2.05) is 19.9 Å². The van der Waals surface area contributed by atoms with E-state index in [1.165, 1.54) is 12.1 Å². The van der Waals surface area contributed by atoms with Crippen LogP contribution in [0.15, 0.2) is 18.2 Å². The molecular formula is C12H10Cl2N4O. The summed E-state index contributed by atoms with van der Waals surface area (Å²) in [4.78, 5) is 24.0. The molecule has 0 unspecified atom stereocenters. The molecule has 0 radical (unpaired) electrons. The highest BCUT2D eigenvalue weighted by molar-refractivity contribution is 6.33. The van der Waals surface area contributed by atoms with Crippen molar-refractivity contribution in [3.63, 3.8) is 0 Å². The molecule has 0 atom stereocenters. The first-order valence-electron chi connectivity index (χ1n) is 5.41. The number of hydrogen-bond donors (Lipinski definition) is 1. The third-order valence-corrected chi connectivity index (χ3v) is 2.62. The van der Waals surface area contributed by atoms with Crippen molar-refractivity contribution < 1.29 is 4.79 Å². The smallest absolute Gasteiger partial charge is 0.258 e. The zero-order valence-corrected chi connectivity index (χ0v) is 11.7. The number of nitrogens with one attached hydrogen (secondary N) is 1. The van der Waals surface area contributed by atoms with Crippen LogP contribution in [0.3, 0.4) is 0 Å². The van der Waals surface area contributed by atoms with Gasteiger partial charge in [0.15, 0.2) is 0 Å². The summed E-state index contributed by atoms with van der Waals surface area (Å²) in [5, 5.41) is 2.89. The Bertz CT molecular complexity index is 605. The predicted molar refractivity (Wildman–Crippen MR) is 73.7 cm³/mol. The molecule has 7 heteroatoms. The van der Waals surface area contributed by atoms with Gasteiger partial charge in [-0.05, 0) is 32.0 Å². The molecule has 1 amide bonds. The first-order chi connectivity index (χ1) is 8.94. The average molecular weight is 297 g/mol. The standard InChI is InChI=1S/C12H10Cl2N4O/c1-6-3-7(2)16-12(15-6)18-11(19)8-4-9(13)17-10(14)5-8/h3-5H,1-2H3,(H,15,16,18,19). The number of pyridine rings is 1. The fourth-order valence-corrected chi connectivity index (χ4v) is 2.01. The second kappa shape index (κ2) is 5.50. The van der Waals surface area contributed by atoms with Gasteiger partial charge in [-0.1, -0.05) is 23.2 Å². The monoisotopic (exact) mass is 296 g/mol. The summed E-state index contributed by atoms with van der Waals surface area (Å²) in [7, 11) is 0. The molecule has 0 bridgehead atoms. The molecule has 0 spiro atoms. The Morgan fingerprint density at radius 2 is 1.53 bits per heavy atom. The summed E-state index contributed by atoms with van der Waals surface area (Å²) < 4.78 is 0. The van der Waals surface area contributed by atoms with Crippen LogP contribution in [-0.2, 0) is 0 Å². The van der Waals surface area contributed by atoms with Gasteiger partial charge in [-0.25, -0.2) is 15.0 Å². The molecule has 0 aliphatic rings. The van der Waals surface area contributed by atoms with Gasteiger partial charge in [0, 0.05) is 17.0 Å². The molecule has 2 aromatic rings. The van der Waals surface area contributed by atoms with Gasteiger partial charge in [-0.2, -0.15) is 0 Å². The maximum atomic E-state index is 12.0. The topological polar surface area (TPSA) is 67.8 Å². The molecule has 2 heterocycles. The Hall–Kier alpha value is -1.72. The van der Waals surface area contributed by atoms with E-state index >= 15 is 0 Å². The average Bonchev–Trinajstić information content (AvgIpc) is 2.25. The first-order valence-corrected chi connectivity index (χ1v) is 6.16. The molecule has 0 aromatic carbocycles. The molecule has 0 fully saturated rings. The van der Waals surface area contributed by atoms with E-state index in [-0.39, 0.29) is 16.3 Å². The lowest BCUT2D eigenvalue weighted by atomic mass is 10.2. The Kier molecular flexibility index (Phi) is 3.97. The highest BCUT2D eigenvalue weighted by Crippen LogP contribution is 2.15. The number of nitrogens with zero attached hydrogens (tertiary/aromatic N) is 3. The van der Waals surface area contributed by atoms with Gasteiger partial charge in [0.1, 0.15) is 10.3 Å². The van der Waals surface area contributed by atoms with Crippen molar-refractivity contribution in [3.8, 4) is 0 Å². The van der Waals surface area contributed by atoms with Crippen molar-refractivity contribution in [2.24, 2.45) is 0 Å². The lowest BCUT2D eigenvalue weighted by Crippen LogP contribution is -2.15. The van der Waals surface area contributed by atoms with E-state index in [2.05, 4.69) is 20.3 Å². The van der Waals surface area contributed by atoms with Crippen LogP contribution in [0, 0.1) is 13.8 Å². The van der Waals surface area contributed by atoms with Crippen molar-refractivity contribution >= 4 is 35.1 Å². The molecule has 1 N–H and O–H groups in total. The molecule has 0 saturated heterocycles. The molecule has 98 valence electrons. The fraction of sp³-hybridized carbons (Fsp3) is 0.167. The summed E-state index contributed by atoms with van der Waals surface area (Å²) in [6, 6.07) is 4.66. The van der Waals surface area contributed by atoms with Gasteiger partial charge in [0.05, 0.1) is 0 Å². The van der Waals surface area contributed by atoms with E-state index in [0.29, 0.717) is 5.56 Å². The third-order valence-electron chi connectivity index (χ3n) is 2.23. The minimum atomic E-state index is -0.392. The molecule has 2 rings (SSSR count). The number of anilines is 1. The summed E-state index contributed by atoms with van der Waals surface area (Å²) in [6.45, 7) is 3.65. The van der Waals surface area contributed by atoms with Crippen LogP contribution in [0.1, 0.15) is 21.7 Å². The predicted octanol–water partition coefficient (Wildman–Crippen LogP) is 3.05. The normalized spacial score (nSPS) is 10.3. The van der Waals surface area contributed by atoms with E-state index in [9.17, 15) is 4.79 Å². The maximum Gasteiger partial charge on any atom is 0.258 e. The van der Waals surface area contributed by atoms with Crippen LogP contribution in [0.4, 0.5) is 5.95 Å². The van der Waals surface area contributed by atoms with Crippen LogP contribution in [0.5, 0.6) is 0 Å². The van der Waals surface area contributed by atoms with Gasteiger partial charge in [0.25, 0.3) is 5.91 Å². The molecule has 0 saturated carbocycles. The second-order valence-electron chi connectivity index (χ2n) is 3.93. The number of carbonyl (C=O) groups excluding carboxylic acids is 1. The quantitative estimate of drug-likeness (QED) is 0.865. The Balaban J connectivity index is 2.25. The van der Waals surface area contributed by atoms with Crippen LogP contribution in [0.25, 0.3) is 0 Å². The summed E-state index contributed by atoms with van der Waals surface area (Å²) in [5.74, 6) is -0.150. The SMILES string of the molecule is Cc1cc(C)nc(NC(=O)c2cc(Cl)nc(Cl)c2)n1. The molecule has 5 nitrogen and oxygen atoms in total. The summed E-state index contributed by atoms with van der Waals surface area (Å²) in [6.07, 6.45) is 0. The van der Waals surface area contributed by atoms with Gasteiger partial charge in [-0.15, -0.1) is 0 Å². The zero-order valence-electron chi connectivity index (χ0n) is 10.2. The van der Waals surface area contributed by atoms with Crippen molar-refractivity contribution in [1.82, 2.24) is 15.0 Å². The lowest BCUT2D eigenvalue weighted by Gasteiger charge is -2.06. The van der Waals surface area contributed by atoms with Crippen LogP contribution < -0.4 is 5.32 Å². The first kappa shape index (κ1) is 13.7. The van der Waals surface area contributed by atoms with Crippen LogP contribution in [0.2, 0.25) is 10.3 Å². The number of hydrogen-bond acceptors (Lipinski definition) is 4. The van der Waals surface area contributed by atoms with Gasteiger partial charge in [0.2, 0.25) is 5.95 Å². The summed E-state index contributed by atoms with van der Waals surface area (Å²) in [5.41, 5.74) is 1.84. The highest BCUT2D eigenvalue weighted by Gasteiger charge is 2.11. The second-order valence-corrected chi connectivity index (χ2v) is 4.70. The summed E-state index contributed by atoms with van der Waals surface area (Å²) >= 11 is 11.5. The van der Waals surface area contributed by atoms with E-state index in [0.717, 1.165) is 11.4 Å². The number of halogens is 2. The Morgan fingerprint density at radius 1 is 1.00 bits per heavy atom. The molecular weight excluding hydrogens is 287 g/mol. The van der Waals surface area contributed by atoms with E-state index in [1.54, 1.807) is 0 Å². The molecule has 0 aliphatic carbocycles. The largest absolute Gasteiger partial charge is 0.290 e. The molecule has 19 heavy (non-hydrogen) atoms. The van der Waals surface area contributed by atoms with Crippen molar-refractivity contribution in [3.05, 3.63) is 45.5 Å².